The molecule has 0 aromatic carbocycles. The molecule has 0 aliphatic carbocycles. The number of amides is 1. The van der Waals surface area contributed by atoms with Crippen LogP contribution in [0.3, 0.4) is 0 Å². The van der Waals surface area contributed by atoms with Gasteiger partial charge >= 0.3 is 0 Å². The second kappa shape index (κ2) is 7.36. The summed E-state index contributed by atoms with van der Waals surface area (Å²) in [5, 5.41) is 11.8. The third-order valence-corrected chi connectivity index (χ3v) is 3.69. The number of likely N-dealkylation sites (tertiary alicyclic amines) is 1. The molecule has 0 spiro atoms. The summed E-state index contributed by atoms with van der Waals surface area (Å²) in [5.41, 5.74) is 0. The third kappa shape index (κ3) is 4.41. The Morgan fingerprint density at radius 1 is 1.40 bits per heavy atom. The second-order valence-corrected chi connectivity index (χ2v) is 5.81. The summed E-state index contributed by atoms with van der Waals surface area (Å²) in [6, 6.07) is 0. The lowest BCUT2D eigenvalue weighted by Crippen LogP contribution is -2.36. The maximum atomic E-state index is 12.1. The topological polar surface area (TPSA) is 62.2 Å². The van der Waals surface area contributed by atoms with E-state index in [-0.39, 0.29) is 18.1 Å². The van der Waals surface area contributed by atoms with E-state index in [1.807, 2.05) is 18.9 Å². The molecule has 1 N–H and O–H groups in total. The number of carbonyl (C=O) groups is 1. The van der Waals surface area contributed by atoms with E-state index in [1.165, 1.54) is 0 Å². The van der Waals surface area contributed by atoms with Crippen molar-refractivity contribution in [3.63, 3.8) is 0 Å². The van der Waals surface area contributed by atoms with E-state index in [4.69, 9.17) is 9.57 Å². The highest BCUT2D eigenvalue weighted by Crippen LogP contribution is 2.16. The van der Waals surface area contributed by atoms with Crippen molar-refractivity contribution in [2.45, 2.75) is 51.4 Å². The number of ether oxygens (including phenoxy) is 1. The van der Waals surface area contributed by atoms with Crippen molar-refractivity contribution in [3.8, 4) is 0 Å². The Hall–Kier alpha value is -0.690. The molecular weight excluding hydrogens is 260 g/mol. The fourth-order valence-corrected chi connectivity index (χ4v) is 2.65. The van der Waals surface area contributed by atoms with Crippen molar-refractivity contribution in [2.24, 2.45) is 0 Å². The normalized spacial score (nSPS) is 28.3. The zero-order valence-electron chi connectivity index (χ0n) is 12.5. The molecule has 116 valence electrons. The van der Waals surface area contributed by atoms with Gasteiger partial charge in [0.15, 0.2) is 0 Å². The van der Waals surface area contributed by atoms with Gasteiger partial charge in [0.2, 0.25) is 5.91 Å². The molecule has 20 heavy (non-hydrogen) atoms. The molecule has 0 saturated carbocycles. The Bertz CT molecular complexity index is 318. The Kier molecular flexibility index (Phi) is 5.77. The largest absolute Gasteiger partial charge is 0.388 e. The number of aliphatic hydroxyl groups excluding tert-OH is 1. The number of hydrogen-bond donors (Lipinski definition) is 1. The van der Waals surface area contributed by atoms with Crippen LogP contribution in [0, 0.1) is 0 Å². The van der Waals surface area contributed by atoms with Crippen molar-refractivity contribution in [1.29, 1.82) is 0 Å². The van der Waals surface area contributed by atoms with Gasteiger partial charge in [-0.1, -0.05) is 0 Å². The third-order valence-electron chi connectivity index (χ3n) is 3.69. The predicted octanol–water partition coefficient (Wildman–Crippen LogP) is 0.401. The Morgan fingerprint density at radius 3 is 2.85 bits per heavy atom. The van der Waals surface area contributed by atoms with Gasteiger partial charge < -0.3 is 14.7 Å². The van der Waals surface area contributed by atoms with Gasteiger partial charge in [-0.3, -0.25) is 9.63 Å². The molecular formula is C14H26N2O4. The van der Waals surface area contributed by atoms with Crippen molar-refractivity contribution in [2.75, 3.05) is 32.8 Å². The molecule has 2 heterocycles. The van der Waals surface area contributed by atoms with E-state index < -0.39 is 6.10 Å². The lowest BCUT2D eigenvalue weighted by atomic mass is 10.2. The fourth-order valence-electron chi connectivity index (χ4n) is 2.65. The fraction of sp³-hybridized carbons (Fsp3) is 0.929. The van der Waals surface area contributed by atoms with Crippen LogP contribution in [0.15, 0.2) is 0 Å². The molecule has 0 aromatic heterocycles. The van der Waals surface area contributed by atoms with E-state index in [1.54, 1.807) is 4.90 Å². The van der Waals surface area contributed by atoms with Crippen molar-refractivity contribution in [3.05, 3.63) is 0 Å². The maximum absolute atomic E-state index is 12.1. The summed E-state index contributed by atoms with van der Waals surface area (Å²) in [6.45, 7) is 7.00. The minimum Gasteiger partial charge on any atom is -0.388 e. The number of hydrogen-bond acceptors (Lipinski definition) is 5. The Labute approximate surface area is 120 Å². The van der Waals surface area contributed by atoms with E-state index in [0.717, 1.165) is 26.0 Å². The van der Waals surface area contributed by atoms with Gasteiger partial charge in [-0.05, 0) is 26.7 Å². The first-order valence-corrected chi connectivity index (χ1v) is 7.55. The quantitative estimate of drug-likeness (QED) is 0.793. The molecule has 0 radical (unpaired) electrons. The van der Waals surface area contributed by atoms with Crippen LogP contribution in [0.2, 0.25) is 0 Å². The first-order chi connectivity index (χ1) is 9.56. The highest BCUT2D eigenvalue weighted by atomic mass is 16.7. The molecule has 2 fully saturated rings. The molecule has 1 amide bonds. The summed E-state index contributed by atoms with van der Waals surface area (Å²) < 4.78 is 5.62. The molecule has 2 aliphatic rings. The summed E-state index contributed by atoms with van der Waals surface area (Å²) in [5.74, 6) is 0.0630. The van der Waals surface area contributed by atoms with Crippen molar-refractivity contribution < 1.29 is 19.5 Å². The van der Waals surface area contributed by atoms with Crippen LogP contribution in [0.5, 0.6) is 0 Å². The first kappa shape index (κ1) is 15.7. The highest BCUT2D eigenvalue weighted by Gasteiger charge is 2.35. The van der Waals surface area contributed by atoms with Gasteiger partial charge in [-0.2, -0.15) is 5.06 Å². The molecule has 0 unspecified atom stereocenters. The summed E-state index contributed by atoms with van der Waals surface area (Å²) >= 11 is 0. The average molecular weight is 286 g/mol. The van der Waals surface area contributed by atoms with Crippen LogP contribution in [0.4, 0.5) is 0 Å². The minimum absolute atomic E-state index is 0.0615. The molecule has 0 bridgehead atoms. The van der Waals surface area contributed by atoms with Gasteiger partial charge in [0.25, 0.3) is 0 Å². The molecule has 0 aromatic rings. The number of nitrogens with zero attached hydrogens (tertiary/aromatic N) is 2. The molecule has 6 heteroatoms. The first-order valence-electron chi connectivity index (χ1n) is 7.55. The number of carbonyl (C=O) groups excluding carboxylic acids is 1. The summed E-state index contributed by atoms with van der Waals surface area (Å²) in [6.07, 6.45) is 1.88. The van der Waals surface area contributed by atoms with Crippen LogP contribution >= 0.6 is 0 Å². The predicted molar refractivity (Wildman–Crippen MR) is 74.0 cm³/mol. The van der Waals surface area contributed by atoms with Crippen LogP contribution < -0.4 is 0 Å². The number of β-amino-alcohol motifs (C(OH)–C–C–N with tert-alkyl or cyclic N) is 1. The second-order valence-electron chi connectivity index (χ2n) is 5.81. The summed E-state index contributed by atoms with van der Waals surface area (Å²) in [4.78, 5) is 19.3. The monoisotopic (exact) mass is 286 g/mol. The Morgan fingerprint density at radius 2 is 2.20 bits per heavy atom. The van der Waals surface area contributed by atoms with E-state index in [2.05, 4.69) is 0 Å². The number of aliphatic hydroxyl groups is 1. The lowest BCUT2D eigenvalue weighted by molar-refractivity contribution is -0.182. The van der Waals surface area contributed by atoms with Gasteiger partial charge in [-0.25, -0.2) is 0 Å². The van der Waals surface area contributed by atoms with Gasteiger partial charge in [0, 0.05) is 32.6 Å². The summed E-state index contributed by atoms with van der Waals surface area (Å²) in [7, 11) is 0. The lowest BCUT2D eigenvalue weighted by Gasteiger charge is -2.26. The maximum Gasteiger partial charge on any atom is 0.224 e. The molecule has 2 aliphatic heterocycles. The molecule has 2 atom stereocenters. The molecule has 6 nitrogen and oxygen atoms in total. The zero-order valence-corrected chi connectivity index (χ0v) is 12.5. The molecule has 2 saturated heterocycles. The zero-order chi connectivity index (χ0) is 14.5. The van der Waals surface area contributed by atoms with E-state index in [0.29, 0.717) is 26.1 Å². The average Bonchev–Trinajstić information content (AvgIpc) is 2.78. The Balaban J connectivity index is 1.72. The van der Waals surface area contributed by atoms with Crippen molar-refractivity contribution >= 4 is 5.91 Å². The van der Waals surface area contributed by atoms with Gasteiger partial charge in [0.1, 0.15) is 6.10 Å². The smallest absolute Gasteiger partial charge is 0.224 e. The van der Waals surface area contributed by atoms with Crippen LogP contribution in [-0.2, 0) is 14.4 Å². The standard InChI is InChI=1S/C14H26N2O4/c1-11(2)20-13-10-15(9-12(13)17)14(18)5-7-16-6-3-4-8-19-16/h11-13,17H,3-10H2,1-2H3/t12-,13-/m1/s1. The number of hydroxylamine groups is 2. The van der Waals surface area contributed by atoms with Crippen molar-refractivity contribution in [1.82, 2.24) is 9.96 Å². The van der Waals surface area contributed by atoms with Crippen LogP contribution in [0.1, 0.15) is 33.1 Å². The van der Waals surface area contributed by atoms with E-state index in [9.17, 15) is 9.90 Å². The van der Waals surface area contributed by atoms with Crippen LogP contribution in [0.25, 0.3) is 0 Å². The SMILES string of the molecule is CC(C)O[C@@H]1CN(C(=O)CCN2CCCCO2)C[C@H]1O. The van der Waals surface area contributed by atoms with Crippen LogP contribution in [-0.4, -0.2) is 72.1 Å². The number of rotatable bonds is 5. The highest BCUT2D eigenvalue weighted by molar-refractivity contribution is 5.76. The molecule has 2 rings (SSSR count). The van der Waals surface area contributed by atoms with Gasteiger partial charge in [0.05, 0.1) is 18.8 Å². The minimum atomic E-state index is -0.576. The van der Waals surface area contributed by atoms with Gasteiger partial charge in [-0.15, -0.1) is 0 Å². The van der Waals surface area contributed by atoms with E-state index >= 15 is 0 Å².